The molecule has 0 amide bonds. The molecule has 2 aromatic rings. The summed E-state index contributed by atoms with van der Waals surface area (Å²) in [4.78, 5) is 0.308. The fraction of sp³-hybridized carbons (Fsp3) is 0.368. The molecule has 3 atom stereocenters. The summed E-state index contributed by atoms with van der Waals surface area (Å²) in [6, 6.07) is 18.5. The van der Waals surface area contributed by atoms with Gasteiger partial charge < -0.3 is 0 Å². The Morgan fingerprint density at radius 3 is 2.24 bits per heavy atom. The second-order valence-corrected chi connectivity index (χ2v) is 9.48. The Labute approximate surface area is 159 Å². The van der Waals surface area contributed by atoms with Crippen LogP contribution in [0.2, 0.25) is 0 Å². The maximum absolute atomic E-state index is 13.1. The van der Waals surface area contributed by atoms with E-state index in [0.29, 0.717) is 18.0 Å². The molecule has 3 nitrogen and oxygen atoms in total. The number of rotatable bonds is 5. The van der Waals surface area contributed by atoms with Crippen molar-refractivity contribution in [2.75, 3.05) is 19.0 Å². The van der Waals surface area contributed by atoms with Crippen LogP contribution >= 0.6 is 23.2 Å². The monoisotopic (exact) mass is 397 g/mol. The van der Waals surface area contributed by atoms with Crippen LogP contribution in [0.15, 0.2) is 65.6 Å². The van der Waals surface area contributed by atoms with Gasteiger partial charge in [0.05, 0.1) is 10.3 Å². The Hall–Kier alpha value is -1.07. The first-order valence-electron chi connectivity index (χ1n) is 8.20. The van der Waals surface area contributed by atoms with Crippen molar-refractivity contribution < 1.29 is 8.42 Å². The van der Waals surface area contributed by atoms with Gasteiger partial charge in [-0.1, -0.05) is 55.5 Å². The van der Waals surface area contributed by atoms with Crippen LogP contribution in [0.25, 0.3) is 0 Å². The quantitative estimate of drug-likeness (QED) is 0.711. The van der Waals surface area contributed by atoms with E-state index in [1.165, 1.54) is 0 Å². The van der Waals surface area contributed by atoms with E-state index in [2.05, 4.69) is 6.92 Å². The molecule has 0 spiro atoms. The normalized spacial score (nSPS) is 25.8. The Balaban J connectivity index is 2.01. The van der Waals surface area contributed by atoms with Crippen molar-refractivity contribution in [2.24, 2.45) is 5.92 Å². The maximum Gasteiger partial charge on any atom is 0.243 e. The molecule has 0 radical (unpaired) electrons. The van der Waals surface area contributed by atoms with Gasteiger partial charge in [0.25, 0.3) is 0 Å². The lowest BCUT2D eigenvalue weighted by Crippen LogP contribution is -2.37. The first-order valence-corrected chi connectivity index (χ1v) is 10.6. The molecule has 0 aromatic heterocycles. The van der Waals surface area contributed by atoms with Crippen molar-refractivity contribution in [3.8, 4) is 0 Å². The van der Waals surface area contributed by atoms with Gasteiger partial charge >= 0.3 is 0 Å². The molecule has 0 N–H and O–H groups in total. The predicted octanol–water partition coefficient (Wildman–Crippen LogP) is 4.11. The van der Waals surface area contributed by atoms with E-state index in [9.17, 15) is 8.42 Å². The summed E-state index contributed by atoms with van der Waals surface area (Å²) in [7, 11) is -3.56. The highest BCUT2D eigenvalue weighted by atomic mass is 35.5. The summed E-state index contributed by atoms with van der Waals surface area (Å²) in [6.07, 6.45) is 0. The van der Waals surface area contributed by atoms with Crippen molar-refractivity contribution in [3.63, 3.8) is 0 Å². The van der Waals surface area contributed by atoms with Crippen molar-refractivity contribution in [1.82, 2.24) is 4.31 Å². The number of nitrogens with zero attached hydrogens (tertiary/aromatic N) is 1. The Kier molecular flexibility index (Phi) is 5.45. The number of hydrogen-bond donors (Lipinski definition) is 0. The maximum atomic E-state index is 13.1. The van der Waals surface area contributed by atoms with Gasteiger partial charge in [0.15, 0.2) is 0 Å². The lowest BCUT2D eigenvalue weighted by Gasteiger charge is -2.33. The molecular weight excluding hydrogens is 377 g/mol. The standard InChI is InChI=1S/C19H21Cl2NO2S/c1-19(15-8-4-2-5-9-15)14-22(13-17(19)18(21)12-20)25(23,24)16-10-6-3-7-11-16/h2-11,17-18H,12-14H2,1H3. The van der Waals surface area contributed by atoms with E-state index in [1.54, 1.807) is 28.6 Å². The zero-order chi connectivity index (χ0) is 18.1. The summed E-state index contributed by atoms with van der Waals surface area (Å²) < 4.78 is 27.7. The Morgan fingerprint density at radius 1 is 1.12 bits per heavy atom. The number of benzene rings is 2. The van der Waals surface area contributed by atoms with Crippen molar-refractivity contribution in [3.05, 3.63) is 66.2 Å². The van der Waals surface area contributed by atoms with Crippen LogP contribution in [0.5, 0.6) is 0 Å². The molecule has 0 saturated carbocycles. The molecule has 1 saturated heterocycles. The van der Waals surface area contributed by atoms with Crippen LogP contribution in [0.3, 0.4) is 0 Å². The van der Waals surface area contributed by atoms with Crippen molar-refractivity contribution in [2.45, 2.75) is 22.6 Å². The van der Waals surface area contributed by atoms with E-state index >= 15 is 0 Å². The van der Waals surface area contributed by atoms with E-state index in [1.807, 2.05) is 36.4 Å². The molecule has 0 bridgehead atoms. The van der Waals surface area contributed by atoms with Crippen molar-refractivity contribution >= 4 is 33.2 Å². The first kappa shape index (κ1) is 18.7. The molecule has 1 aliphatic heterocycles. The summed E-state index contributed by atoms with van der Waals surface area (Å²) in [6.45, 7) is 2.83. The summed E-state index contributed by atoms with van der Waals surface area (Å²) in [5, 5.41) is -0.303. The van der Waals surface area contributed by atoms with E-state index in [-0.39, 0.29) is 22.6 Å². The molecule has 3 rings (SSSR count). The zero-order valence-corrected chi connectivity index (χ0v) is 16.3. The van der Waals surface area contributed by atoms with Gasteiger partial charge in [-0.3, -0.25) is 0 Å². The summed E-state index contributed by atoms with van der Waals surface area (Å²) in [5.41, 5.74) is 0.700. The largest absolute Gasteiger partial charge is 0.243 e. The van der Waals surface area contributed by atoms with Crippen LogP contribution in [-0.2, 0) is 15.4 Å². The smallest absolute Gasteiger partial charge is 0.207 e. The molecule has 1 heterocycles. The fourth-order valence-electron chi connectivity index (χ4n) is 3.64. The predicted molar refractivity (Wildman–Crippen MR) is 103 cm³/mol. The summed E-state index contributed by atoms with van der Waals surface area (Å²) >= 11 is 12.5. The van der Waals surface area contributed by atoms with Gasteiger partial charge in [0.1, 0.15) is 0 Å². The molecule has 2 aromatic carbocycles. The highest BCUT2D eigenvalue weighted by Crippen LogP contribution is 2.44. The summed E-state index contributed by atoms with van der Waals surface area (Å²) in [5.74, 6) is 0.223. The van der Waals surface area contributed by atoms with Crippen LogP contribution < -0.4 is 0 Å². The average molecular weight is 398 g/mol. The zero-order valence-electron chi connectivity index (χ0n) is 14.0. The number of halogens is 2. The van der Waals surface area contributed by atoms with Crippen LogP contribution in [0.1, 0.15) is 12.5 Å². The van der Waals surface area contributed by atoms with Crippen LogP contribution in [0.4, 0.5) is 0 Å². The highest BCUT2D eigenvalue weighted by molar-refractivity contribution is 7.89. The molecule has 1 fully saturated rings. The van der Waals surface area contributed by atoms with E-state index in [0.717, 1.165) is 5.56 Å². The lowest BCUT2D eigenvalue weighted by molar-refractivity contribution is 0.370. The minimum Gasteiger partial charge on any atom is -0.207 e. The van der Waals surface area contributed by atoms with Gasteiger partial charge in [0.2, 0.25) is 10.0 Å². The molecule has 134 valence electrons. The van der Waals surface area contributed by atoms with Crippen LogP contribution in [-0.4, -0.2) is 37.1 Å². The molecule has 0 aliphatic carbocycles. The molecular formula is C19H21Cl2NO2S. The van der Waals surface area contributed by atoms with E-state index < -0.39 is 10.0 Å². The fourth-order valence-corrected chi connectivity index (χ4v) is 5.81. The first-order chi connectivity index (χ1) is 11.9. The van der Waals surface area contributed by atoms with Gasteiger partial charge in [-0.2, -0.15) is 4.31 Å². The topological polar surface area (TPSA) is 37.4 Å². The SMILES string of the molecule is CC1(c2ccccc2)CN(S(=O)(=O)c2ccccc2)CC1C(Cl)CCl. The Bertz CT molecular complexity index is 814. The second-order valence-electron chi connectivity index (χ2n) is 6.67. The molecule has 1 aliphatic rings. The minimum absolute atomic E-state index is 0.0625. The molecule has 3 unspecified atom stereocenters. The molecule has 25 heavy (non-hydrogen) atoms. The molecule has 6 heteroatoms. The highest BCUT2D eigenvalue weighted by Gasteiger charge is 2.50. The van der Waals surface area contributed by atoms with Gasteiger partial charge in [0, 0.05) is 30.3 Å². The Morgan fingerprint density at radius 2 is 1.68 bits per heavy atom. The van der Waals surface area contributed by atoms with Gasteiger partial charge in [-0.15, -0.1) is 23.2 Å². The van der Waals surface area contributed by atoms with Gasteiger partial charge in [-0.25, -0.2) is 8.42 Å². The minimum atomic E-state index is -3.56. The average Bonchev–Trinajstić information content (AvgIpc) is 3.02. The number of alkyl halides is 2. The van der Waals surface area contributed by atoms with Crippen LogP contribution in [0, 0.1) is 5.92 Å². The van der Waals surface area contributed by atoms with E-state index in [4.69, 9.17) is 23.2 Å². The van der Waals surface area contributed by atoms with Crippen molar-refractivity contribution in [1.29, 1.82) is 0 Å². The third-order valence-corrected chi connectivity index (χ3v) is 7.90. The third kappa shape index (κ3) is 3.45. The number of sulfonamides is 1. The third-order valence-electron chi connectivity index (χ3n) is 5.12. The lowest BCUT2D eigenvalue weighted by atomic mass is 9.73. The van der Waals surface area contributed by atoms with Gasteiger partial charge in [-0.05, 0) is 17.7 Å². The number of hydrogen-bond acceptors (Lipinski definition) is 2. The second kappa shape index (κ2) is 7.28.